The number of rotatable bonds is 4. The Morgan fingerprint density at radius 2 is 2.04 bits per heavy atom. The van der Waals surface area contributed by atoms with Gasteiger partial charge in [0.1, 0.15) is 17.5 Å². The normalized spacial score (nSPS) is 11.0. The van der Waals surface area contributed by atoms with Crippen molar-refractivity contribution in [1.82, 2.24) is 24.6 Å². The van der Waals surface area contributed by atoms with Gasteiger partial charge in [0.15, 0.2) is 5.65 Å². The molecule has 4 rings (SSSR count). The first-order chi connectivity index (χ1) is 12.6. The molecule has 1 aromatic carbocycles. The number of benzene rings is 1. The molecule has 0 aliphatic heterocycles. The summed E-state index contributed by atoms with van der Waals surface area (Å²) < 4.78 is 15.8. The minimum absolute atomic E-state index is 0.208. The van der Waals surface area contributed by atoms with E-state index in [4.69, 9.17) is 0 Å². The topological polar surface area (TPSA) is 88.0 Å². The second-order valence-electron chi connectivity index (χ2n) is 5.78. The summed E-state index contributed by atoms with van der Waals surface area (Å²) in [5.41, 5.74) is 1.87. The molecule has 0 saturated carbocycles. The van der Waals surface area contributed by atoms with Gasteiger partial charge in [-0.1, -0.05) is 12.1 Å². The lowest BCUT2D eigenvalue weighted by Gasteiger charge is -2.11. The molecule has 0 saturated heterocycles. The van der Waals surface area contributed by atoms with Crippen LogP contribution in [0, 0.1) is 12.7 Å². The van der Waals surface area contributed by atoms with E-state index >= 15 is 0 Å². The largest absolute Gasteiger partial charge is 0.364 e. The quantitative estimate of drug-likeness (QED) is 0.590. The van der Waals surface area contributed by atoms with E-state index in [1.165, 1.54) is 12.1 Å². The molecule has 0 radical (unpaired) electrons. The molecule has 0 amide bonds. The lowest BCUT2D eigenvalue weighted by Crippen LogP contribution is -2.14. The summed E-state index contributed by atoms with van der Waals surface area (Å²) in [7, 11) is 0. The summed E-state index contributed by atoms with van der Waals surface area (Å²) in [6.45, 7) is 2.04. The zero-order chi connectivity index (χ0) is 18.1. The van der Waals surface area contributed by atoms with Gasteiger partial charge in [-0.25, -0.2) is 14.4 Å². The van der Waals surface area contributed by atoms with Crippen molar-refractivity contribution in [2.45, 2.75) is 13.5 Å². The van der Waals surface area contributed by atoms with Crippen molar-refractivity contribution in [3.63, 3.8) is 0 Å². The van der Waals surface area contributed by atoms with Gasteiger partial charge >= 0.3 is 0 Å². The Morgan fingerprint density at radius 1 is 1.19 bits per heavy atom. The van der Waals surface area contributed by atoms with Crippen LogP contribution in [0.15, 0.2) is 53.5 Å². The van der Waals surface area contributed by atoms with E-state index in [1.54, 1.807) is 48.0 Å². The Balaban J connectivity index is 1.73. The fourth-order valence-corrected chi connectivity index (χ4v) is 2.76. The van der Waals surface area contributed by atoms with Crippen molar-refractivity contribution < 1.29 is 4.39 Å². The number of anilines is 1. The summed E-state index contributed by atoms with van der Waals surface area (Å²) in [6, 6.07) is 11.4. The molecular formula is C18H15FN6O. The van der Waals surface area contributed by atoms with Crippen molar-refractivity contribution >= 4 is 11.5 Å². The van der Waals surface area contributed by atoms with Crippen LogP contribution in [-0.4, -0.2) is 24.6 Å². The third kappa shape index (κ3) is 3.04. The molecule has 0 aliphatic rings. The predicted octanol–water partition coefficient (Wildman–Crippen LogP) is 2.54. The Bertz CT molecular complexity index is 1150. The fraction of sp³-hybridized carbons (Fsp3) is 0.111. The van der Waals surface area contributed by atoms with Crippen molar-refractivity contribution in [3.8, 4) is 11.3 Å². The summed E-state index contributed by atoms with van der Waals surface area (Å²) in [5.74, 6) is 0.819. The van der Waals surface area contributed by atoms with E-state index in [1.807, 2.05) is 0 Å². The van der Waals surface area contributed by atoms with Crippen molar-refractivity contribution in [1.29, 1.82) is 0 Å². The van der Waals surface area contributed by atoms with Gasteiger partial charge in [-0.15, -0.1) is 0 Å². The summed E-state index contributed by atoms with van der Waals surface area (Å²) >= 11 is 0. The van der Waals surface area contributed by atoms with Gasteiger partial charge in [-0.2, -0.15) is 9.61 Å². The van der Waals surface area contributed by atoms with Crippen molar-refractivity contribution in [2.75, 3.05) is 5.32 Å². The average Bonchev–Trinajstić information content (AvgIpc) is 3.08. The summed E-state index contributed by atoms with van der Waals surface area (Å²) in [6.07, 6.45) is 1.62. The monoisotopic (exact) mass is 350 g/mol. The zero-order valence-corrected chi connectivity index (χ0v) is 13.9. The fourth-order valence-electron chi connectivity index (χ4n) is 2.76. The van der Waals surface area contributed by atoms with Gasteiger partial charge in [-0.3, -0.25) is 4.79 Å². The van der Waals surface area contributed by atoms with Crippen LogP contribution in [0.5, 0.6) is 0 Å². The number of hydrogen-bond donors (Lipinski definition) is 2. The van der Waals surface area contributed by atoms with Crippen LogP contribution in [0.25, 0.3) is 16.9 Å². The number of nitrogens with zero attached hydrogens (tertiary/aromatic N) is 4. The Hall–Kier alpha value is -3.55. The first-order valence-corrected chi connectivity index (χ1v) is 8.00. The van der Waals surface area contributed by atoms with E-state index in [0.717, 1.165) is 0 Å². The smallest absolute Gasteiger partial charge is 0.251 e. The van der Waals surface area contributed by atoms with Crippen LogP contribution >= 0.6 is 0 Å². The van der Waals surface area contributed by atoms with Gasteiger partial charge in [-0.05, 0) is 19.1 Å². The molecule has 4 aromatic rings. The molecule has 0 aliphatic carbocycles. The molecular weight excluding hydrogens is 335 g/mol. The molecule has 130 valence electrons. The highest BCUT2D eigenvalue weighted by Crippen LogP contribution is 2.24. The SMILES string of the molecule is Cc1nc(CNc2cc(-c3ccccc3F)nc3ccnn23)cc(=O)[nH]1. The van der Waals surface area contributed by atoms with Crippen LogP contribution in [0.1, 0.15) is 11.5 Å². The number of aromatic nitrogens is 5. The van der Waals surface area contributed by atoms with Crippen molar-refractivity contribution in [2.24, 2.45) is 0 Å². The maximum atomic E-state index is 14.1. The van der Waals surface area contributed by atoms with Crippen molar-refractivity contribution in [3.05, 3.63) is 76.4 Å². The standard InChI is InChI=1S/C18H15FN6O/c1-11-22-12(8-18(26)23-11)10-20-17-9-15(13-4-2-3-5-14(13)19)24-16-6-7-21-25(16)17/h2-9,20H,10H2,1H3,(H,22,23,26). The third-order valence-electron chi connectivity index (χ3n) is 3.87. The van der Waals surface area contributed by atoms with Gasteiger partial charge < -0.3 is 10.3 Å². The molecule has 26 heavy (non-hydrogen) atoms. The molecule has 0 atom stereocenters. The predicted molar refractivity (Wildman–Crippen MR) is 95.3 cm³/mol. The van der Waals surface area contributed by atoms with E-state index in [9.17, 15) is 9.18 Å². The highest BCUT2D eigenvalue weighted by Gasteiger charge is 2.11. The molecule has 7 nitrogen and oxygen atoms in total. The number of halogens is 1. The molecule has 0 unspecified atom stereocenters. The van der Waals surface area contributed by atoms with Gasteiger partial charge in [0.25, 0.3) is 5.56 Å². The minimum Gasteiger partial charge on any atom is -0.364 e. The Morgan fingerprint density at radius 3 is 2.85 bits per heavy atom. The minimum atomic E-state index is -0.346. The summed E-state index contributed by atoms with van der Waals surface area (Å²) in [5, 5.41) is 7.43. The van der Waals surface area contributed by atoms with Crippen LogP contribution < -0.4 is 10.9 Å². The van der Waals surface area contributed by atoms with E-state index in [-0.39, 0.29) is 11.4 Å². The average molecular weight is 350 g/mol. The molecule has 0 bridgehead atoms. The number of nitrogens with one attached hydrogen (secondary N) is 2. The summed E-state index contributed by atoms with van der Waals surface area (Å²) in [4.78, 5) is 22.9. The van der Waals surface area contributed by atoms with Crippen LogP contribution in [0.3, 0.4) is 0 Å². The van der Waals surface area contributed by atoms with E-state index < -0.39 is 0 Å². The number of aryl methyl sites for hydroxylation is 1. The van der Waals surface area contributed by atoms with Gasteiger partial charge in [0, 0.05) is 23.8 Å². The number of H-pyrrole nitrogens is 1. The first-order valence-electron chi connectivity index (χ1n) is 8.00. The highest BCUT2D eigenvalue weighted by molar-refractivity contribution is 5.66. The maximum Gasteiger partial charge on any atom is 0.251 e. The zero-order valence-electron chi connectivity index (χ0n) is 13.9. The van der Waals surface area contributed by atoms with Gasteiger partial charge in [0.05, 0.1) is 24.1 Å². The third-order valence-corrected chi connectivity index (χ3v) is 3.87. The second kappa shape index (κ2) is 6.40. The number of fused-ring (bicyclic) bond motifs is 1. The Kier molecular flexibility index (Phi) is 3.92. The van der Waals surface area contributed by atoms with E-state index in [0.29, 0.717) is 40.8 Å². The molecule has 0 spiro atoms. The maximum absolute atomic E-state index is 14.1. The highest BCUT2D eigenvalue weighted by atomic mass is 19.1. The Labute approximate surface area is 147 Å². The number of aromatic amines is 1. The lowest BCUT2D eigenvalue weighted by molar-refractivity contribution is 0.630. The molecule has 8 heteroatoms. The lowest BCUT2D eigenvalue weighted by atomic mass is 10.1. The second-order valence-corrected chi connectivity index (χ2v) is 5.78. The van der Waals surface area contributed by atoms with Gasteiger partial charge in [0.2, 0.25) is 0 Å². The van der Waals surface area contributed by atoms with Crippen LogP contribution in [0.2, 0.25) is 0 Å². The van der Waals surface area contributed by atoms with Crippen LogP contribution in [0.4, 0.5) is 10.2 Å². The first kappa shape index (κ1) is 15.9. The number of hydrogen-bond acceptors (Lipinski definition) is 5. The molecule has 2 N–H and O–H groups in total. The van der Waals surface area contributed by atoms with Crippen LogP contribution in [-0.2, 0) is 6.54 Å². The molecule has 3 aromatic heterocycles. The van der Waals surface area contributed by atoms with E-state index in [2.05, 4.69) is 25.4 Å². The molecule has 3 heterocycles. The molecule has 0 fully saturated rings.